The van der Waals surface area contributed by atoms with Gasteiger partial charge in [-0.1, -0.05) is 0 Å². The van der Waals surface area contributed by atoms with Gasteiger partial charge in [-0.3, -0.25) is 0 Å². The van der Waals surface area contributed by atoms with Crippen molar-refractivity contribution in [1.82, 2.24) is 0 Å². The van der Waals surface area contributed by atoms with E-state index < -0.39 is 0 Å². The Labute approximate surface area is 81.8 Å². The number of cyclic esters (lactones) is 1. The van der Waals surface area contributed by atoms with Crippen LogP contribution in [-0.2, 0) is 14.3 Å². The number of carbonyl (C=O) groups excluding carboxylic acids is 1. The highest BCUT2D eigenvalue weighted by Gasteiger charge is 2.34. The third-order valence-electron chi connectivity index (χ3n) is 2.61. The second-order valence-electron chi connectivity index (χ2n) is 3.42. The van der Waals surface area contributed by atoms with Crippen molar-refractivity contribution >= 4 is 5.97 Å². The van der Waals surface area contributed by atoms with E-state index in [0.717, 1.165) is 5.57 Å². The molecule has 14 heavy (non-hydrogen) atoms. The lowest BCUT2D eigenvalue weighted by atomic mass is 9.86. The molecule has 0 bridgehead atoms. The lowest BCUT2D eigenvalue weighted by molar-refractivity contribution is -0.139. The van der Waals surface area contributed by atoms with Crippen LogP contribution in [0, 0.1) is 5.92 Å². The summed E-state index contributed by atoms with van der Waals surface area (Å²) in [5.41, 5.74) is 1.29. The van der Waals surface area contributed by atoms with Crippen molar-refractivity contribution in [2.45, 2.75) is 13.0 Å². The van der Waals surface area contributed by atoms with Crippen molar-refractivity contribution in [2.75, 3.05) is 13.2 Å². The SMILES string of the molecule is CC1OC=C2C(=O)OCC=C2[C@H]1CO. The fourth-order valence-electron chi connectivity index (χ4n) is 1.75. The normalized spacial score (nSPS) is 30.9. The molecule has 0 saturated heterocycles. The van der Waals surface area contributed by atoms with Gasteiger partial charge in [0, 0.05) is 5.92 Å². The van der Waals surface area contributed by atoms with Crippen LogP contribution in [0.1, 0.15) is 6.92 Å². The van der Waals surface area contributed by atoms with Crippen LogP contribution in [0.25, 0.3) is 0 Å². The average molecular weight is 196 g/mol. The quantitative estimate of drug-likeness (QED) is 0.616. The summed E-state index contributed by atoms with van der Waals surface area (Å²) in [4.78, 5) is 11.3. The van der Waals surface area contributed by atoms with Gasteiger partial charge in [0.05, 0.1) is 18.4 Å². The minimum atomic E-state index is -0.368. The predicted octanol–water partition coefficient (Wildman–Crippen LogP) is 0.381. The molecule has 0 fully saturated rings. The van der Waals surface area contributed by atoms with E-state index in [0.29, 0.717) is 5.57 Å². The van der Waals surface area contributed by atoms with Crippen molar-refractivity contribution in [2.24, 2.45) is 5.92 Å². The minimum Gasteiger partial charge on any atom is -0.497 e. The summed E-state index contributed by atoms with van der Waals surface area (Å²) < 4.78 is 10.1. The number of aliphatic hydroxyl groups is 1. The highest BCUT2D eigenvalue weighted by molar-refractivity contribution is 5.94. The first-order valence-electron chi connectivity index (χ1n) is 4.58. The van der Waals surface area contributed by atoms with Crippen molar-refractivity contribution in [1.29, 1.82) is 0 Å². The molecule has 2 aliphatic rings. The van der Waals surface area contributed by atoms with Crippen molar-refractivity contribution in [3.63, 3.8) is 0 Å². The zero-order chi connectivity index (χ0) is 10.1. The molecule has 2 rings (SSSR count). The number of hydrogen-bond acceptors (Lipinski definition) is 4. The number of esters is 1. The summed E-state index contributed by atoms with van der Waals surface area (Å²) in [5, 5.41) is 9.19. The largest absolute Gasteiger partial charge is 0.497 e. The van der Waals surface area contributed by atoms with Gasteiger partial charge >= 0.3 is 5.97 Å². The first-order chi connectivity index (χ1) is 6.74. The molecule has 2 heterocycles. The molecule has 0 saturated carbocycles. The van der Waals surface area contributed by atoms with Gasteiger partial charge in [0.25, 0.3) is 0 Å². The molecular formula is C10H12O4. The third kappa shape index (κ3) is 1.32. The lowest BCUT2D eigenvalue weighted by Crippen LogP contribution is -2.33. The van der Waals surface area contributed by atoms with E-state index >= 15 is 0 Å². The molecular weight excluding hydrogens is 184 g/mol. The van der Waals surface area contributed by atoms with E-state index in [2.05, 4.69) is 0 Å². The van der Waals surface area contributed by atoms with Crippen LogP contribution in [0.4, 0.5) is 0 Å². The van der Waals surface area contributed by atoms with Gasteiger partial charge in [0.15, 0.2) is 0 Å². The molecule has 1 N–H and O–H groups in total. The Morgan fingerprint density at radius 3 is 3.14 bits per heavy atom. The maximum absolute atomic E-state index is 11.3. The highest BCUT2D eigenvalue weighted by Crippen LogP contribution is 2.32. The Bertz CT molecular complexity index is 316. The average Bonchev–Trinajstić information content (AvgIpc) is 2.18. The Kier molecular flexibility index (Phi) is 2.29. The first kappa shape index (κ1) is 9.27. The zero-order valence-electron chi connectivity index (χ0n) is 7.90. The standard InChI is InChI=1S/C10H12O4/c1-6-8(4-11)7-2-3-13-10(12)9(7)5-14-6/h2,5-6,8,11H,3-4H2,1H3/t6?,8-/m0/s1. The number of aliphatic hydroxyl groups excluding tert-OH is 1. The smallest absolute Gasteiger partial charge is 0.341 e. The van der Waals surface area contributed by atoms with Crippen LogP contribution in [0.15, 0.2) is 23.5 Å². The second-order valence-corrected chi connectivity index (χ2v) is 3.42. The Balaban J connectivity index is 2.37. The van der Waals surface area contributed by atoms with Crippen LogP contribution < -0.4 is 0 Å². The molecule has 2 aliphatic heterocycles. The van der Waals surface area contributed by atoms with Gasteiger partial charge in [-0.25, -0.2) is 4.79 Å². The maximum atomic E-state index is 11.3. The molecule has 0 amide bonds. The van der Waals surface area contributed by atoms with Gasteiger partial charge in [-0.05, 0) is 18.6 Å². The third-order valence-corrected chi connectivity index (χ3v) is 2.61. The van der Waals surface area contributed by atoms with Gasteiger partial charge < -0.3 is 14.6 Å². The number of carbonyl (C=O) groups is 1. The van der Waals surface area contributed by atoms with Crippen LogP contribution in [0.2, 0.25) is 0 Å². The van der Waals surface area contributed by atoms with E-state index in [1.165, 1.54) is 6.26 Å². The monoisotopic (exact) mass is 196 g/mol. The molecule has 0 spiro atoms. The van der Waals surface area contributed by atoms with Crippen molar-refractivity contribution in [3.8, 4) is 0 Å². The summed E-state index contributed by atoms with van der Waals surface area (Å²) in [7, 11) is 0. The summed E-state index contributed by atoms with van der Waals surface area (Å²) in [5.74, 6) is -0.490. The summed E-state index contributed by atoms with van der Waals surface area (Å²) >= 11 is 0. The number of fused-ring (bicyclic) bond motifs is 1. The summed E-state index contributed by atoms with van der Waals surface area (Å²) in [6.07, 6.45) is 3.15. The van der Waals surface area contributed by atoms with Crippen molar-refractivity contribution < 1.29 is 19.4 Å². The van der Waals surface area contributed by atoms with E-state index in [1.54, 1.807) is 0 Å². The molecule has 0 aliphatic carbocycles. The fourth-order valence-corrected chi connectivity index (χ4v) is 1.75. The van der Waals surface area contributed by atoms with Gasteiger partial charge in [-0.2, -0.15) is 0 Å². The molecule has 0 radical (unpaired) electrons. The van der Waals surface area contributed by atoms with E-state index in [-0.39, 0.29) is 31.2 Å². The molecule has 0 aromatic rings. The van der Waals surface area contributed by atoms with E-state index in [4.69, 9.17) is 9.47 Å². The van der Waals surface area contributed by atoms with Crippen LogP contribution in [0.5, 0.6) is 0 Å². The number of hydrogen-bond donors (Lipinski definition) is 1. The van der Waals surface area contributed by atoms with Crippen LogP contribution in [0.3, 0.4) is 0 Å². The Morgan fingerprint density at radius 2 is 2.43 bits per heavy atom. The fraction of sp³-hybridized carbons (Fsp3) is 0.500. The number of ether oxygens (including phenoxy) is 2. The summed E-state index contributed by atoms with van der Waals surface area (Å²) in [6, 6.07) is 0. The summed E-state index contributed by atoms with van der Waals surface area (Å²) in [6.45, 7) is 2.14. The Hall–Kier alpha value is -1.29. The Morgan fingerprint density at radius 1 is 1.64 bits per heavy atom. The molecule has 4 heteroatoms. The molecule has 4 nitrogen and oxygen atoms in total. The zero-order valence-corrected chi connectivity index (χ0v) is 7.90. The highest BCUT2D eigenvalue weighted by atomic mass is 16.5. The molecule has 1 unspecified atom stereocenters. The molecule has 0 aromatic carbocycles. The second kappa shape index (κ2) is 3.46. The predicted molar refractivity (Wildman–Crippen MR) is 48.2 cm³/mol. The maximum Gasteiger partial charge on any atom is 0.341 e. The molecule has 76 valence electrons. The number of rotatable bonds is 1. The van der Waals surface area contributed by atoms with Crippen LogP contribution in [-0.4, -0.2) is 30.4 Å². The topological polar surface area (TPSA) is 55.8 Å². The van der Waals surface area contributed by atoms with E-state index in [9.17, 15) is 9.90 Å². The van der Waals surface area contributed by atoms with Gasteiger partial charge in [0.1, 0.15) is 12.7 Å². The molecule has 2 atom stereocenters. The van der Waals surface area contributed by atoms with Gasteiger partial charge in [0.2, 0.25) is 0 Å². The molecule has 0 aromatic heterocycles. The first-order valence-corrected chi connectivity index (χ1v) is 4.58. The van der Waals surface area contributed by atoms with Crippen LogP contribution >= 0.6 is 0 Å². The lowest BCUT2D eigenvalue weighted by Gasteiger charge is -2.31. The minimum absolute atomic E-state index is 0.0163. The van der Waals surface area contributed by atoms with Crippen molar-refractivity contribution in [3.05, 3.63) is 23.5 Å². The van der Waals surface area contributed by atoms with E-state index in [1.807, 2.05) is 13.0 Å². The van der Waals surface area contributed by atoms with Gasteiger partial charge in [-0.15, -0.1) is 0 Å².